The van der Waals surface area contributed by atoms with Crippen molar-refractivity contribution in [3.05, 3.63) is 35.4 Å². The highest BCUT2D eigenvalue weighted by atomic mass is 19.1. The SMILES string of the molecule is CC(=O)NC(CC(=O)N(C)CC(O)C1CC1)c1ccc(F)cc1F. The molecule has 132 valence electrons. The summed E-state index contributed by atoms with van der Waals surface area (Å²) in [5.74, 6) is -2.06. The number of amides is 2. The van der Waals surface area contributed by atoms with Gasteiger partial charge in [-0.05, 0) is 24.8 Å². The van der Waals surface area contributed by atoms with E-state index in [1.54, 1.807) is 7.05 Å². The first kappa shape index (κ1) is 18.3. The summed E-state index contributed by atoms with van der Waals surface area (Å²) < 4.78 is 27.0. The topological polar surface area (TPSA) is 69.6 Å². The second-order valence-electron chi connectivity index (χ2n) is 6.30. The first-order chi connectivity index (χ1) is 11.3. The van der Waals surface area contributed by atoms with Crippen molar-refractivity contribution in [2.24, 2.45) is 5.92 Å². The molecule has 0 bridgehead atoms. The Morgan fingerprint density at radius 3 is 2.58 bits per heavy atom. The second kappa shape index (κ2) is 7.70. The number of nitrogens with zero attached hydrogens (tertiary/aromatic N) is 1. The molecule has 0 spiro atoms. The molecule has 0 radical (unpaired) electrons. The van der Waals surface area contributed by atoms with Crippen molar-refractivity contribution in [2.75, 3.05) is 13.6 Å². The summed E-state index contributed by atoms with van der Waals surface area (Å²) in [6, 6.07) is 2.13. The number of aliphatic hydroxyl groups excluding tert-OH is 1. The summed E-state index contributed by atoms with van der Waals surface area (Å²) >= 11 is 0. The lowest BCUT2D eigenvalue weighted by molar-refractivity contribution is -0.132. The molecule has 7 heteroatoms. The van der Waals surface area contributed by atoms with Crippen molar-refractivity contribution in [3.63, 3.8) is 0 Å². The van der Waals surface area contributed by atoms with Crippen molar-refractivity contribution < 1.29 is 23.5 Å². The molecule has 24 heavy (non-hydrogen) atoms. The van der Waals surface area contributed by atoms with Gasteiger partial charge >= 0.3 is 0 Å². The van der Waals surface area contributed by atoms with Crippen molar-refractivity contribution in [3.8, 4) is 0 Å². The lowest BCUT2D eigenvalue weighted by Crippen LogP contribution is -2.38. The number of rotatable bonds is 7. The average Bonchev–Trinajstić information content (AvgIpc) is 3.30. The van der Waals surface area contributed by atoms with Gasteiger partial charge in [0.15, 0.2) is 0 Å². The smallest absolute Gasteiger partial charge is 0.224 e. The van der Waals surface area contributed by atoms with Crippen LogP contribution in [0.2, 0.25) is 0 Å². The van der Waals surface area contributed by atoms with Crippen LogP contribution in [-0.2, 0) is 9.59 Å². The third kappa shape index (κ3) is 4.99. The Bertz CT molecular complexity index is 620. The van der Waals surface area contributed by atoms with E-state index in [4.69, 9.17) is 0 Å². The predicted molar refractivity (Wildman–Crippen MR) is 83.9 cm³/mol. The molecule has 1 aromatic rings. The summed E-state index contributed by atoms with van der Waals surface area (Å²) in [5, 5.41) is 12.4. The van der Waals surface area contributed by atoms with E-state index in [0.29, 0.717) is 0 Å². The van der Waals surface area contributed by atoms with Crippen LogP contribution in [-0.4, -0.2) is 41.5 Å². The van der Waals surface area contributed by atoms with Gasteiger partial charge in [0.25, 0.3) is 0 Å². The first-order valence-electron chi connectivity index (χ1n) is 7.92. The summed E-state index contributed by atoms with van der Waals surface area (Å²) in [7, 11) is 1.56. The van der Waals surface area contributed by atoms with Crippen LogP contribution in [0.5, 0.6) is 0 Å². The fourth-order valence-electron chi connectivity index (χ4n) is 2.61. The molecule has 2 N–H and O–H groups in total. The Labute approximate surface area is 139 Å². The minimum Gasteiger partial charge on any atom is -0.391 e. The maximum absolute atomic E-state index is 14.0. The molecular formula is C17H22F2N2O3. The summed E-state index contributed by atoms with van der Waals surface area (Å²) in [5.41, 5.74) is 0.0519. The van der Waals surface area contributed by atoms with Gasteiger partial charge in [0.05, 0.1) is 18.6 Å². The number of aliphatic hydroxyl groups is 1. The third-order valence-electron chi connectivity index (χ3n) is 4.15. The van der Waals surface area contributed by atoms with E-state index in [2.05, 4.69) is 5.32 Å². The van der Waals surface area contributed by atoms with E-state index >= 15 is 0 Å². The van der Waals surface area contributed by atoms with Crippen LogP contribution >= 0.6 is 0 Å². The summed E-state index contributed by atoms with van der Waals surface area (Å²) in [6.45, 7) is 1.46. The normalized spacial score (nSPS) is 16.4. The van der Waals surface area contributed by atoms with Crippen LogP contribution in [0.25, 0.3) is 0 Å². The number of hydrogen-bond acceptors (Lipinski definition) is 3. The zero-order valence-corrected chi connectivity index (χ0v) is 13.8. The zero-order valence-electron chi connectivity index (χ0n) is 13.8. The minimum absolute atomic E-state index is 0.0519. The number of likely N-dealkylation sites (N-methyl/N-ethyl adjacent to an activating group) is 1. The van der Waals surface area contributed by atoms with Gasteiger partial charge in [0.1, 0.15) is 11.6 Å². The molecular weight excluding hydrogens is 318 g/mol. The molecule has 2 amide bonds. The molecule has 5 nitrogen and oxygen atoms in total. The highest BCUT2D eigenvalue weighted by molar-refractivity contribution is 5.79. The van der Waals surface area contributed by atoms with Gasteiger partial charge < -0.3 is 15.3 Å². The van der Waals surface area contributed by atoms with Crippen LogP contribution in [0.1, 0.15) is 37.8 Å². The van der Waals surface area contributed by atoms with E-state index in [9.17, 15) is 23.5 Å². The lowest BCUT2D eigenvalue weighted by atomic mass is 10.0. The summed E-state index contributed by atoms with van der Waals surface area (Å²) in [6.07, 6.45) is 1.17. The van der Waals surface area contributed by atoms with Crippen LogP contribution < -0.4 is 5.32 Å². The standard InChI is InChI=1S/C17H22F2N2O3/c1-10(22)20-15(13-6-5-12(18)7-14(13)19)8-17(24)21(2)9-16(23)11-3-4-11/h5-7,11,15-16,23H,3-4,8-9H2,1-2H3,(H,20,22). The van der Waals surface area contributed by atoms with Crippen molar-refractivity contribution in [2.45, 2.75) is 38.3 Å². The molecule has 1 saturated carbocycles. The Morgan fingerprint density at radius 2 is 2.04 bits per heavy atom. The fourth-order valence-corrected chi connectivity index (χ4v) is 2.61. The maximum atomic E-state index is 14.0. The molecule has 0 aliphatic heterocycles. The highest BCUT2D eigenvalue weighted by Gasteiger charge is 2.31. The molecule has 1 aliphatic rings. The monoisotopic (exact) mass is 340 g/mol. The number of carbonyl (C=O) groups excluding carboxylic acids is 2. The van der Waals surface area contributed by atoms with E-state index in [-0.39, 0.29) is 30.4 Å². The molecule has 2 rings (SSSR count). The van der Waals surface area contributed by atoms with E-state index in [0.717, 1.165) is 25.0 Å². The van der Waals surface area contributed by atoms with Crippen LogP contribution in [0.15, 0.2) is 18.2 Å². The van der Waals surface area contributed by atoms with E-state index in [1.165, 1.54) is 17.9 Å². The Kier molecular flexibility index (Phi) is 5.88. The molecule has 2 unspecified atom stereocenters. The first-order valence-corrected chi connectivity index (χ1v) is 7.92. The quantitative estimate of drug-likeness (QED) is 0.795. The zero-order chi connectivity index (χ0) is 17.9. The third-order valence-corrected chi connectivity index (χ3v) is 4.15. The molecule has 0 heterocycles. The van der Waals surface area contributed by atoms with Gasteiger partial charge in [0.2, 0.25) is 11.8 Å². The average molecular weight is 340 g/mol. The van der Waals surface area contributed by atoms with E-state index < -0.39 is 29.7 Å². The molecule has 1 aromatic carbocycles. The molecule has 1 aliphatic carbocycles. The predicted octanol–water partition coefficient (Wildman–Crippen LogP) is 1.76. The maximum Gasteiger partial charge on any atom is 0.224 e. The minimum atomic E-state index is -0.892. The number of nitrogens with one attached hydrogen (secondary N) is 1. The number of hydrogen-bond donors (Lipinski definition) is 2. The fraction of sp³-hybridized carbons (Fsp3) is 0.529. The van der Waals surface area contributed by atoms with Crippen LogP contribution in [0.3, 0.4) is 0 Å². The van der Waals surface area contributed by atoms with Gasteiger partial charge in [-0.3, -0.25) is 9.59 Å². The Hall–Kier alpha value is -2.02. The van der Waals surface area contributed by atoms with Crippen molar-refractivity contribution in [1.82, 2.24) is 10.2 Å². The van der Waals surface area contributed by atoms with Crippen LogP contribution in [0.4, 0.5) is 8.78 Å². The molecule has 0 aromatic heterocycles. The van der Waals surface area contributed by atoms with Gasteiger partial charge in [-0.1, -0.05) is 6.07 Å². The van der Waals surface area contributed by atoms with E-state index in [1.807, 2.05) is 0 Å². The molecule has 1 fully saturated rings. The van der Waals surface area contributed by atoms with Crippen LogP contribution in [0, 0.1) is 17.6 Å². The molecule has 2 atom stereocenters. The number of benzene rings is 1. The lowest BCUT2D eigenvalue weighted by Gasteiger charge is -2.24. The Morgan fingerprint density at radius 1 is 1.38 bits per heavy atom. The highest BCUT2D eigenvalue weighted by Crippen LogP contribution is 2.33. The Balaban J connectivity index is 2.06. The van der Waals surface area contributed by atoms with Gasteiger partial charge in [0, 0.05) is 32.1 Å². The number of carbonyl (C=O) groups is 2. The largest absolute Gasteiger partial charge is 0.391 e. The van der Waals surface area contributed by atoms with Gasteiger partial charge in [-0.15, -0.1) is 0 Å². The number of halogens is 2. The molecule has 0 saturated heterocycles. The van der Waals surface area contributed by atoms with Crippen molar-refractivity contribution in [1.29, 1.82) is 0 Å². The van der Waals surface area contributed by atoms with Crippen molar-refractivity contribution >= 4 is 11.8 Å². The second-order valence-corrected chi connectivity index (χ2v) is 6.30. The summed E-state index contributed by atoms with van der Waals surface area (Å²) in [4.78, 5) is 25.1. The van der Waals surface area contributed by atoms with Gasteiger partial charge in [-0.2, -0.15) is 0 Å². The van der Waals surface area contributed by atoms with Gasteiger partial charge in [-0.25, -0.2) is 8.78 Å².